The van der Waals surface area contributed by atoms with E-state index in [1.165, 1.54) is 24.6 Å². The highest BCUT2D eigenvalue weighted by molar-refractivity contribution is 7.99. The van der Waals surface area contributed by atoms with Crippen molar-refractivity contribution < 1.29 is 4.74 Å². The minimum atomic E-state index is 0.373. The number of nitrogens with two attached hydrogens (primary N) is 1. The Bertz CT molecular complexity index is 842. The van der Waals surface area contributed by atoms with E-state index in [1.54, 1.807) is 18.2 Å². The van der Waals surface area contributed by atoms with Gasteiger partial charge in [-0.1, -0.05) is 35.0 Å². The molecule has 1 aliphatic rings. The normalized spacial score (nSPS) is 14.5. The van der Waals surface area contributed by atoms with Crippen molar-refractivity contribution in [1.82, 2.24) is 4.90 Å². The first kappa shape index (κ1) is 20.4. The third kappa shape index (κ3) is 6.07. The second-order valence-corrected chi connectivity index (χ2v) is 8.25. The van der Waals surface area contributed by atoms with E-state index in [4.69, 9.17) is 33.7 Å². The van der Waals surface area contributed by atoms with E-state index in [1.807, 2.05) is 30.0 Å². The van der Waals surface area contributed by atoms with Crippen LogP contribution in [0.5, 0.6) is 11.5 Å². The van der Waals surface area contributed by atoms with Crippen molar-refractivity contribution in [2.45, 2.75) is 13.0 Å². The van der Waals surface area contributed by atoms with Gasteiger partial charge in [0.25, 0.3) is 0 Å². The fourth-order valence-electron chi connectivity index (χ4n) is 2.79. The molecule has 27 heavy (non-hydrogen) atoms. The molecule has 2 aromatic rings. The zero-order valence-corrected chi connectivity index (χ0v) is 17.3. The number of halogens is 2. The molecule has 1 heterocycles. The van der Waals surface area contributed by atoms with Crippen LogP contribution in [0.3, 0.4) is 0 Å². The van der Waals surface area contributed by atoms with E-state index in [-0.39, 0.29) is 0 Å². The summed E-state index contributed by atoms with van der Waals surface area (Å²) in [6, 6.07) is 11.0. The smallest absolute Gasteiger partial charge is 0.131 e. The maximum atomic E-state index is 6.05. The lowest BCUT2D eigenvalue weighted by atomic mass is 10.1. The molecule has 0 amide bonds. The summed E-state index contributed by atoms with van der Waals surface area (Å²) in [5.41, 5.74) is 7.75. The molecule has 0 bridgehead atoms. The number of rotatable bonds is 5. The topological polar surface area (TPSA) is 38.5 Å². The van der Waals surface area contributed by atoms with Crippen LogP contribution in [0, 0.1) is 11.8 Å². The Labute approximate surface area is 175 Å². The van der Waals surface area contributed by atoms with Crippen LogP contribution in [-0.4, -0.2) is 36.0 Å². The van der Waals surface area contributed by atoms with Gasteiger partial charge in [0.1, 0.15) is 11.5 Å². The number of ether oxygens (including phenoxy) is 1. The van der Waals surface area contributed by atoms with Gasteiger partial charge in [-0.25, -0.2) is 0 Å². The summed E-state index contributed by atoms with van der Waals surface area (Å²) in [6.45, 7) is 3.75. The molecule has 0 aliphatic carbocycles. The molecule has 0 aromatic heterocycles. The Morgan fingerprint density at radius 2 is 1.89 bits per heavy atom. The van der Waals surface area contributed by atoms with E-state index in [0.717, 1.165) is 24.1 Å². The third-order valence-corrected chi connectivity index (χ3v) is 5.97. The lowest BCUT2D eigenvalue weighted by Crippen LogP contribution is -2.33. The van der Waals surface area contributed by atoms with Gasteiger partial charge in [0.15, 0.2) is 0 Å². The predicted octanol–water partition coefficient (Wildman–Crippen LogP) is 5.03. The lowest BCUT2D eigenvalue weighted by Gasteiger charge is -2.24. The van der Waals surface area contributed by atoms with Crippen LogP contribution in [0.1, 0.15) is 17.5 Å². The highest BCUT2D eigenvalue weighted by Crippen LogP contribution is 2.31. The van der Waals surface area contributed by atoms with Gasteiger partial charge < -0.3 is 15.4 Å². The summed E-state index contributed by atoms with van der Waals surface area (Å²) in [5, 5.41) is 0.954. The van der Waals surface area contributed by atoms with Crippen LogP contribution < -0.4 is 10.5 Å². The van der Waals surface area contributed by atoms with Crippen molar-refractivity contribution in [2.24, 2.45) is 5.73 Å². The molecule has 1 aliphatic heterocycles. The second kappa shape index (κ2) is 10.3. The first-order valence-electron chi connectivity index (χ1n) is 8.90. The van der Waals surface area contributed by atoms with Crippen molar-refractivity contribution >= 4 is 35.0 Å². The zero-order valence-electron chi connectivity index (χ0n) is 15.0. The lowest BCUT2D eigenvalue weighted by molar-refractivity contribution is 0.310. The number of thioether (sulfide) groups is 1. The fourth-order valence-corrected chi connectivity index (χ4v) is 4.05. The average molecular weight is 421 g/mol. The third-order valence-electron chi connectivity index (χ3n) is 4.29. The summed E-state index contributed by atoms with van der Waals surface area (Å²) in [5.74, 6) is 10.3. The van der Waals surface area contributed by atoms with E-state index in [0.29, 0.717) is 28.1 Å². The summed E-state index contributed by atoms with van der Waals surface area (Å²) >= 11 is 14.0. The van der Waals surface area contributed by atoms with Gasteiger partial charge in [-0.3, -0.25) is 0 Å². The quantitative estimate of drug-likeness (QED) is 0.687. The molecule has 2 aromatic carbocycles. The van der Waals surface area contributed by atoms with E-state index in [9.17, 15) is 0 Å². The Kier molecular flexibility index (Phi) is 7.75. The molecule has 3 nitrogen and oxygen atoms in total. The highest BCUT2D eigenvalue weighted by atomic mass is 35.5. The Morgan fingerprint density at radius 1 is 1.07 bits per heavy atom. The Hall–Kier alpha value is -1.35. The van der Waals surface area contributed by atoms with E-state index >= 15 is 0 Å². The highest BCUT2D eigenvalue weighted by Gasteiger charge is 2.09. The van der Waals surface area contributed by atoms with Crippen LogP contribution in [0.2, 0.25) is 10.0 Å². The minimum absolute atomic E-state index is 0.373. The number of benzene rings is 2. The molecule has 142 valence electrons. The van der Waals surface area contributed by atoms with Gasteiger partial charge in [-0.15, -0.1) is 0 Å². The molecule has 0 atom stereocenters. The molecule has 3 rings (SSSR count). The van der Waals surface area contributed by atoms with Crippen molar-refractivity contribution in [3.63, 3.8) is 0 Å². The van der Waals surface area contributed by atoms with Gasteiger partial charge >= 0.3 is 0 Å². The number of nitrogens with zero attached hydrogens (tertiary/aromatic N) is 1. The number of hydrogen-bond acceptors (Lipinski definition) is 4. The van der Waals surface area contributed by atoms with Crippen molar-refractivity contribution in [2.75, 3.05) is 31.1 Å². The molecule has 2 N–H and O–H groups in total. The number of hydrogen-bond donors (Lipinski definition) is 1. The molecule has 0 radical (unpaired) electrons. The average Bonchev–Trinajstić information content (AvgIpc) is 2.70. The van der Waals surface area contributed by atoms with Crippen molar-refractivity contribution in [3.8, 4) is 23.3 Å². The maximum Gasteiger partial charge on any atom is 0.131 e. The molecular weight excluding hydrogens is 399 g/mol. The SMILES string of the molecule is NCc1cc(C#CCCN2CCSCC2)ccc1Oc1ccc(Cl)c(Cl)c1. The van der Waals surface area contributed by atoms with Crippen LogP contribution in [0.25, 0.3) is 0 Å². The first-order chi connectivity index (χ1) is 13.2. The molecule has 0 unspecified atom stereocenters. The van der Waals surface area contributed by atoms with Gasteiger partial charge in [-0.2, -0.15) is 11.8 Å². The Morgan fingerprint density at radius 3 is 2.63 bits per heavy atom. The van der Waals surface area contributed by atoms with Gasteiger partial charge in [-0.05, 0) is 30.3 Å². The summed E-state index contributed by atoms with van der Waals surface area (Å²) < 4.78 is 5.92. The standard InChI is InChI=1S/C21H22Cl2N2OS/c22-19-6-5-18(14-20(19)23)26-21-7-4-16(13-17(21)15-24)3-1-2-8-25-9-11-27-12-10-25/h4-7,13-14H,2,8-12,15,24H2. The fraction of sp³-hybridized carbons (Fsp3) is 0.333. The maximum absolute atomic E-state index is 6.05. The molecular formula is C21H22Cl2N2OS. The van der Waals surface area contributed by atoms with Crippen LogP contribution >= 0.6 is 35.0 Å². The molecule has 0 spiro atoms. The zero-order chi connectivity index (χ0) is 19.1. The van der Waals surface area contributed by atoms with Gasteiger partial charge in [0.2, 0.25) is 0 Å². The van der Waals surface area contributed by atoms with Crippen LogP contribution in [-0.2, 0) is 6.54 Å². The molecule has 1 saturated heterocycles. The van der Waals surface area contributed by atoms with Crippen LogP contribution in [0.4, 0.5) is 0 Å². The van der Waals surface area contributed by atoms with Gasteiger partial charge in [0.05, 0.1) is 10.0 Å². The van der Waals surface area contributed by atoms with Gasteiger partial charge in [0, 0.05) is 61.3 Å². The largest absolute Gasteiger partial charge is 0.457 e. The van der Waals surface area contributed by atoms with Crippen LogP contribution in [0.15, 0.2) is 36.4 Å². The summed E-state index contributed by atoms with van der Waals surface area (Å²) in [7, 11) is 0. The molecule has 0 saturated carbocycles. The van der Waals surface area contributed by atoms with E-state index in [2.05, 4.69) is 16.7 Å². The van der Waals surface area contributed by atoms with Crippen molar-refractivity contribution in [3.05, 3.63) is 57.6 Å². The molecule has 1 fully saturated rings. The summed E-state index contributed by atoms with van der Waals surface area (Å²) in [4.78, 5) is 2.48. The monoisotopic (exact) mass is 420 g/mol. The van der Waals surface area contributed by atoms with E-state index < -0.39 is 0 Å². The first-order valence-corrected chi connectivity index (χ1v) is 10.8. The molecule has 6 heteroatoms. The second-order valence-electron chi connectivity index (χ2n) is 6.21. The summed E-state index contributed by atoms with van der Waals surface area (Å²) in [6.07, 6.45) is 0.879. The predicted molar refractivity (Wildman–Crippen MR) is 116 cm³/mol. The Balaban J connectivity index is 1.63. The minimum Gasteiger partial charge on any atom is -0.457 e. The van der Waals surface area contributed by atoms with Crippen molar-refractivity contribution in [1.29, 1.82) is 0 Å².